The Hall–Kier alpha value is -1.58. The summed E-state index contributed by atoms with van der Waals surface area (Å²) < 4.78 is 0. The first-order valence-corrected chi connectivity index (χ1v) is 5.56. The van der Waals surface area contributed by atoms with Crippen molar-refractivity contribution in [3.8, 4) is 0 Å². The molecule has 0 saturated carbocycles. The van der Waals surface area contributed by atoms with Crippen molar-refractivity contribution in [2.24, 2.45) is 9.98 Å². The monoisotopic (exact) mass is 236 g/mol. The molecule has 0 saturated heterocycles. The molecule has 0 amide bonds. The molecule has 4 nitrogen and oxygen atoms in total. The third kappa shape index (κ3) is 6.56. The molecule has 17 heavy (non-hydrogen) atoms. The van der Waals surface area contributed by atoms with Crippen molar-refractivity contribution in [3.63, 3.8) is 0 Å². The lowest BCUT2D eigenvalue weighted by molar-refractivity contribution is 0.617. The molecule has 96 valence electrons. The average molecular weight is 236 g/mol. The topological polar surface area (TPSA) is 31.2 Å². The van der Waals surface area contributed by atoms with Crippen molar-refractivity contribution in [1.29, 1.82) is 0 Å². The molecular formula is C13H24N4. The molecule has 0 aromatic carbocycles. The maximum Gasteiger partial charge on any atom is 0.101 e. The SMILES string of the molecule is C=C(/C=C(\C)N=C(C)N(C)C)N=C(C)N(C)C. The van der Waals surface area contributed by atoms with Gasteiger partial charge in [0.15, 0.2) is 0 Å². The number of rotatable bonds is 3. The van der Waals surface area contributed by atoms with Gasteiger partial charge in [-0.3, -0.25) is 0 Å². The first-order chi connectivity index (χ1) is 7.73. The lowest BCUT2D eigenvalue weighted by atomic mass is 10.3. The second kappa shape index (κ2) is 6.89. The van der Waals surface area contributed by atoms with Gasteiger partial charge in [-0.1, -0.05) is 6.58 Å². The fourth-order valence-corrected chi connectivity index (χ4v) is 0.969. The van der Waals surface area contributed by atoms with Crippen LogP contribution in [0.2, 0.25) is 0 Å². The quantitative estimate of drug-likeness (QED) is 0.428. The highest BCUT2D eigenvalue weighted by atomic mass is 15.1. The van der Waals surface area contributed by atoms with Crippen LogP contribution in [-0.4, -0.2) is 49.7 Å². The largest absolute Gasteiger partial charge is 0.366 e. The van der Waals surface area contributed by atoms with Crippen LogP contribution in [0.5, 0.6) is 0 Å². The minimum Gasteiger partial charge on any atom is -0.366 e. The van der Waals surface area contributed by atoms with Crippen LogP contribution in [-0.2, 0) is 0 Å². The van der Waals surface area contributed by atoms with E-state index in [9.17, 15) is 0 Å². The van der Waals surface area contributed by atoms with Gasteiger partial charge in [0.2, 0.25) is 0 Å². The van der Waals surface area contributed by atoms with Crippen LogP contribution in [0.25, 0.3) is 0 Å². The number of hydrogen-bond donors (Lipinski definition) is 0. The van der Waals surface area contributed by atoms with Crippen LogP contribution in [0.1, 0.15) is 20.8 Å². The van der Waals surface area contributed by atoms with Crippen molar-refractivity contribution in [2.45, 2.75) is 20.8 Å². The van der Waals surface area contributed by atoms with E-state index in [-0.39, 0.29) is 0 Å². The summed E-state index contributed by atoms with van der Waals surface area (Å²) in [4.78, 5) is 12.7. The third-order valence-corrected chi connectivity index (χ3v) is 2.31. The molecule has 0 fully saturated rings. The van der Waals surface area contributed by atoms with Crippen LogP contribution >= 0.6 is 0 Å². The second-order valence-corrected chi connectivity index (χ2v) is 4.38. The van der Waals surface area contributed by atoms with Gasteiger partial charge in [0.05, 0.1) is 5.70 Å². The molecule has 0 bridgehead atoms. The molecule has 0 heterocycles. The van der Waals surface area contributed by atoms with Crippen LogP contribution in [0, 0.1) is 0 Å². The van der Waals surface area contributed by atoms with E-state index in [1.807, 2.05) is 64.8 Å². The molecule has 0 atom stereocenters. The summed E-state index contributed by atoms with van der Waals surface area (Å²) in [6, 6.07) is 0. The van der Waals surface area contributed by atoms with Gasteiger partial charge < -0.3 is 9.80 Å². The van der Waals surface area contributed by atoms with Crippen LogP contribution in [0.4, 0.5) is 0 Å². The van der Waals surface area contributed by atoms with E-state index in [1.165, 1.54) is 0 Å². The molecule has 0 aromatic rings. The number of nitrogens with zero attached hydrogens (tertiary/aromatic N) is 4. The van der Waals surface area contributed by atoms with E-state index in [2.05, 4.69) is 16.6 Å². The number of amidine groups is 2. The van der Waals surface area contributed by atoms with E-state index in [0.717, 1.165) is 17.4 Å². The summed E-state index contributed by atoms with van der Waals surface area (Å²) in [6.07, 6.45) is 1.88. The van der Waals surface area contributed by atoms with Crippen LogP contribution in [0.3, 0.4) is 0 Å². The molecule has 0 spiro atoms. The summed E-state index contributed by atoms with van der Waals surface area (Å²) in [7, 11) is 7.85. The van der Waals surface area contributed by atoms with Crippen molar-refractivity contribution in [2.75, 3.05) is 28.2 Å². The smallest absolute Gasteiger partial charge is 0.101 e. The molecule has 0 unspecified atom stereocenters. The van der Waals surface area contributed by atoms with E-state index in [1.54, 1.807) is 0 Å². The highest BCUT2D eigenvalue weighted by Crippen LogP contribution is 2.05. The second-order valence-electron chi connectivity index (χ2n) is 4.38. The first-order valence-electron chi connectivity index (χ1n) is 5.56. The zero-order valence-electron chi connectivity index (χ0n) is 12.1. The predicted molar refractivity (Wildman–Crippen MR) is 76.5 cm³/mol. The molecule has 0 rings (SSSR count). The maximum atomic E-state index is 4.43. The lowest BCUT2D eigenvalue weighted by Gasteiger charge is -2.12. The number of hydrogen-bond acceptors (Lipinski definition) is 2. The van der Waals surface area contributed by atoms with Gasteiger partial charge in [0.25, 0.3) is 0 Å². The lowest BCUT2D eigenvalue weighted by Crippen LogP contribution is -2.18. The Kier molecular flexibility index (Phi) is 6.25. The Morgan fingerprint density at radius 3 is 1.71 bits per heavy atom. The van der Waals surface area contributed by atoms with E-state index in [4.69, 9.17) is 0 Å². The van der Waals surface area contributed by atoms with E-state index in [0.29, 0.717) is 5.70 Å². The van der Waals surface area contributed by atoms with Gasteiger partial charge in [0, 0.05) is 33.9 Å². The standard InChI is InChI=1S/C13H24N4/c1-10(14-12(3)16(5)6)9-11(2)15-13(4)17(7)8/h9H,1H2,2-8H3/b11-9+,14-12?,15-13?. The molecule has 0 aliphatic carbocycles. The number of allylic oxidation sites excluding steroid dienone is 2. The molecule has 0 aliphatic heterocycles. The third-order valence-electron chi connectivity index (χ3n) is 2.31. The Labute approximate surface area is 105 Å². The minimum atomic E-state index is 0.712. The van der Waals surface area contributed by atoms with Crippen molar-refractivity contribution >= 4 is 11.7 Å². The van der Waals surface area contributed by atoms with Gasteiger partial charge >= 0.3 is 0 Å². The van der Waals surface area contributed by atoms with E-state index >= 15 is 0 Å². The van der Waals surface area contributed by atoms with Crippen molar-refractivity contribution < 1.29 is 0 Å². The predicted octanol–water partition coefficient (Wildman–Crippen LogP) is 2.36. The highest BCUT2D eigenvalue weighted by Gasteiger charge is 1.96. The fourth-order valence-electron chi connectivity index (χ4n) is 0.969. The van der Waals surface area contributed by atoms with Gasteiger partial charge in [0.1, 0.15) is 11.7 Å². The minimum absolute atomic E-state index is 0.712. The van der Waals surface area contributed by atoms with Crippen LogP contribution < -0.4 is 0 Å². The summed E-state index contributed by atoms with van der Waals surface area (Å²) in [6.45, 7) is 9.75. The Morgan fingerprint density at radius 2 is 1.29 bits per heavy atom. The molecule has 0 radical (unpaired) electrons. The molecule has 0 aliphatic rings. The van der Waals surface area contributed by atoms with Crippen LogP contribution in [0.15, 0.2) is 34.0 Å². The first kappa shape index (κ1) is 15.4. The summed E-state index contributed by atoms with van der Waals surface area (Å²) in [5.74, 6) is 1.88. The average Bonchev–Trinajstić information content (AvgIpc) is 2.16. The Balaban J connectivity index is 4.77. The Bertz CT molecular complexity index is 360. The van der Waals surface area contributed by atoms with Gasteiger partial charge in [-0.2, -0.15) is 0 Å². The zero-order valence-corrected chi connectivity index (χ0v) is 12.1. The number of aliphatic imine (C=N–C) groups is 2. The molecular weight excluding hydrogens is 212 g/mol. The van der Waals surface area contributed by atoms with Gasteiger partial charge in [-0.25, -0.2) is 9.98 Å². The molecule has 0 N–H and O–H groups in total. The Morgan fingerprint density at radius 1 is 0.882 bits per heavy atom. The van der Waals surface area contributed by atoms with Gasteiger partial charge in [-0.05, 0) is 26.8 Å². The normalized spacial score (nSPS) is 13.7. The summed E-state index contributed by atoms with van der Waals surface area (Å²) in [5, 5.41) is 0. The van der Waals surface area contributed by atoms with Gasteiger partial charge in [-0.15, -0.1) is 0 Å². The summed E-state index contributed by atoms with van der Waals surface area (Å²) >= 11 is 0. The molecule has 4 heteroatoms. The van der Waals surface area contributed by atoms with E-state index < -0.39 is 0 Å². The highest BCUT2D eigenvalue weighted by molar-refractivity contribution is 5.81. The summed E-state index contributed by atoms with van der Waals surface area (Å²) in [5.41, 5.74) is 1.61. The van der Waals surface area contributed by atoms with Crippen molar-refractivity contribution in [3.05, 3.63) is 24.0 Å². The molecule has 0 aromatic heterocycles. The fraction of sp³-hybridized carbons (Fsp3) is 0.538. The van der Waals surface area contributed by atoms with Crippen molar-refractivity contribution in [1.82, 2.24) is 9.80 Å². The maximum absolute atomic E-state index is 4.43. The zero-order chi connectivity index (χ0) is 13.6.